The number of hydrogen-bond donors (Lipinski definition) is 3. The van der Waals surface area contributed by atoms with Gasteiger partial charge in [0.25, 0.3) is 5.56 Å². The maximum absolute atomic E-state index is 12.6. The topological polar surface area (TPSA) is 108 Å². The van der Waals surface area contributed by atoms with E-state index in [2.05, 4.69) is 47.8 Å². The minimum atomic E-state index is -0.350. The molecule has 3 N–H and O–H groups in total. The van der Waals surface area contributed by atoms with Crippen molar-refractivity contribution in [2.45, 2.75) is 6.54 Å². The molecule has 1 aliphatic rings. The van der Waals surface area contributed by atoms with Gasteiger partial charge in [0.05, 0.1) is 18.9 Å². The molecule has 9 nitrogen and oxygen atoms in total. The van der Waals surface area contributed by atoms with Crippen LogP contribution >= 0.6 is 12.4 Å². The summed E-state index contributed by atoms with van der Waals surface area (Å²) in [5.74, 6) is 1.52. The molecule has 0 aliphatic carbocycles. The summed E-state index contributed by atoms with van der Waals surface area (Å²) in [5, 5.41) is 13.4. The average Bonchev–Trinajstić information content (AvgIpc) is 2.86. The molecule has 2 aromatic heterocycles. The summed E-state index contributed by atoms with van der Waals surface area (Å²) in [7, 11) is 1.60. The number of ether oxygens (including phenoxy) is 1. The Morgan fingerprint density at radius 3 is 2.59 bits per heavy atom. The zero-order valence-corrected chi connectivity index (χ0v) is 19.6. The van der Waals surface area contributed by atoms with Crippen LogP contribution in [0, 0.1) is 0 Å². The van der Waals surface area contributed by atoms with Gasteiger partial charge in [-0.3, -0.25) is 9.69 Å². The number of para-hydroxylation sites is 1. The fourth-order valence-electron chi connectivity index (χ4n) is 4.00. The predicted octanol–water partition coefficient (Wildman–Crippen LogP) is 2.96. The SMILES string of the molecule is COc1ccccc1-c1nc(Nc2ccc(CN3CCNCC3)cc2)c2c(=O)[nH]ncc2n1.Cl. The molecule has 4 aromatic rings. The number of rotatable bonds is 6. The van der Waals surface area contributed by atoms with E-state index in [1.54, 1.807) is 7.11 Å². The first kappa shape index (κ1) is 23.6. The second-order valence-corrected chi connectivity index (χ2v) is 7.90. The second-order valence-electron chi connectivity index (χ2n) is 7.90. The van der Waals surface area contributed by atoms with E-state index in [4.69, 9.17) is 4.74 Å². The van der Waals surface area contributed by atoms with Gasteiger partial charge < -0.3 is 15.4 Å². The number of nitrogens with zero attached hydrogens (tertiary/aromatic N) is 4. The number of anilines is 2. The third-order valence-electron chi connectivity index (χ3n) is 5.70. The minimum absolute atomic E-state index is 0. The summed E-state index contributed by atoms with van der Waals surface area (Å²) in [4.78, 5) is 24.3. The number of benzene rings is 2. The van der Waals surface area contributed by atoms with Crippen molar-refractivity contribution in [1.29, 1.82) is 0 Å². The highest BCUT2D eigenvalue weighted by atomic mass is 35.5. The second kappa shape index (κ2) is 10.6. The fraction of sp³-hybridized carbons (Fsp3) is 0.250. The van der Waals surface area contributed by atoms with Crippen molar-refractivity contribution >= 4 is 34.8 Å². The predicted molar refractivity (Wildman–Crippen MR) is 135 cm³/mol. The Balaban J connectivity index is 0.00000274. The van der Waals surface area contributed by atoms with Crippen molar-refractivity contribution in [3.05, 3.63) is 70.6 Å². The molecule has 5 rings (SSSR count). The Labute approximate surface area is 203 Å². The summed E-state index contributed by atoms with van der Waals surface area (Å²) >= 11 is 0. The van der Waals surface area contributed by atoms with Crippen LogP contribution in [-0.2, 0) is 6.54 Å². The number of aromatic amines is 1. The zero-order chi connectivity index (χ0) is 22.6. The number of aromatic nitrogens is 4. The van der Waals surface area contributed by atoms with Crippen LogP contribution in [0.2, 0.25) is 0 Å². The van der Waals surface area contributed by atoms with E-state index in [0.717, 1.165) is 44.0 Å². The summed E-state index contributed by atoms with van der Waals surface area (Å²) in [6.45, 7) is 5.07. The highest BCUT2D eigenvalue weighted by molar-refractivity contribution is 5.91. The standard InChI is InChI=1S/C24H25N7O2.ClH/c1-33-20-5-3-2-4-18(20)22-28-19-14-26-30-24(32)21(19)23(29-22)27-17-8-6-16(7-9-17)15-31-12-10-25-11-13-31;/h2-9,14,25H,10-13,15H2,1H3,(H,30,32)(H,27,28,29);1H. The summed E-state index contributed by atoms with van der Waals surface area (Å²) in [6, 6.07) is 15.7. The molecule has 1 saturated heterocycles. The normalized spacial score (nSPS) is 13.9. The third-order valence-corrected chi connectivity index (χ3v) is 5.70. The molecular weight excluding hydrogens is 454 g/mol. The maximum atomic E-state index is 12.6. The quantitative estimate of drug-likeness (QED) is 0.387. The Morgan fingerprint density at radius 1 is 1.06 bits per heavy atom. The van der Waals surface area contributed by atoms with Crippen LogP contribution in [0.5, 0.6) is 5.75 Å². The number of hydrogen-bond acceptors (Lipinski definition) is 8. The minimum Gasteiger partial charge on any atom is -0.496 e. The molecule has 3 heterocycles. The lowest BCUT2D eigenvalue weighted by Gasteiger charge is -2.27. The Morgan fingerprint density at radius 2 is 1.82 bits per heavy atom. The lowest BCUT2D eigenvalue weighted by atomic mass is 10.1. The molecule has 1 fully saturated rings. The number of halogens is 1. The molecular formula is C24H26ClN7O2. The van der Waals surface area contributed by atoms with Gasteiger partial charge in [0.2, 0.25) is 0 Å². The Hall–Kier alpha value is -3.53. The van der Waals surface area contributed by atoms with E-state index in [0.29, 0.717) is 28.3 Å². The lowest BCUT2D eigenvalue weighted by molar-refractivity contribution is 0.233. The summed E-state index contributed by atoms with van der Waals surface area (Å²) < 4.78 is 5.48. The van der Waals surface area contributed by atoms with Gasteiger partial charge in [-0.15, -0.1) is 12.4 Å². The van der Waals surface area contributed by atoms with Crippen LogP contribution in [-0.4, -0.2) is 58.4 Å². The molecule has 0 radical (unpaired) electrons. The maximum Gasteiger partial charge on any atom is 0.277 e. The van der Waals surface area contributed by atoms with Gasteiger partial charge in [0, 0.05) is 38.4 Å². The lowest BCUT2D eigenvalue weighted by Crippen LogP contribution is -2.42. The molecule has 0 bridgehead atoms. The van der Waals surface area contributed by atoms with Crippen LogP contribution in [0.4, 0.5) is 11.5 Å². The summed E-state index contributed by atoms with van der Waals surface area (Å²) in [6.07, 6.45) is 1.53. The molecule has 0 atom stereocenters. The van der Waals surface area contributed by atoms with Gasteiger partial charge in [-0.25, -0.2) is 15.1 Å². The highest BCUT2D eigenvalue weighted by Gasteiger charge is 2.16. The molecule has 0 unspecified atom stereocenters. The average molecular weight is 480 g/mol. The smallest absolute Gasteiger partial charge is 0.277 e. The fourth-order valence-corrected chi connectivity index (χ4v) is 4.00. The largest absolute Gasteiger partial charge is 0.496 e. The molecule has 176 valence electrons. The number of fused-ring (bicyclic) bond motifs is 1. The molecule has 10 heteroatoms. The third kappa shape index (κ3) is 5.01. The van der Waals surface area contributed by atoms with Crippen molar-refractivity contribution in [1.82, 2.24) is 30.4 Å². The van der Waals surface area contributed by atoms with Gasteiger partial charge in [0.1, 0.15) is 22.5 Å². The van der Waals surface area contributed by atoms with E-state index in [-0.39, 0.29) is 18.0 Å². The van der Waals surface area contributed by atoms with Gasteiger partial charge in [0.15, 0.2) is 5.82 Å². The van der Waals surface area contributed by atoms with Crippen molar-refractivity contribution in [2.75, 3.05) is 38.6 Å². The van der Waals surface area contributed by atoms with Crippen molar-refractivity contribution in [3.8, 4) is 17.1 Å². The van der Waals surface area contributed by atoms with Crippen LogP contribution < -0.4 is 20.9 Å². The van der Waals surface area contributed by atoms with Crippen LogP contribution in [0.25, 0.3) is 22.3 Å². The van der Waals surface area contributed by atoms with Crippen molar-refractivity contribution in [2.24, 2.45) is 0 Å². The first-order valence-electron chi connectivity index (χ1n) is 10.9. The molecule has 1 aliphatic heterocycles. The van der Waals surface area contributed by atoms with Crippen LogP contribution in [0.15, 0.2) is 59.5 Å². The Kier molecular flexibility index (Phi) is 7.36. The molecule has 0 spiro atoms. The molecule has 0 saturated carbocycles. The number of methoxy groups -OCH3 is 1. The van der Waals surface area contributed by atoms with Crippen molar-refractivity contribution in [3.63, 3.8) is 0 Å². The Bertz CT molecular complexity index is 1320. The summed E-state index contributed by atoms with van der Waals surface area (Å²) in [5.41, 5.74) is 2.91. The highest BCUT2D eigenvalue weighted by Crippen LogP contribution is 2.30. The van der Waals surface area contributed by atoms with Crippen LogP contribution in [0.3, 0.4) is 0 Å². The first-order valence-corrected chi connectivity index (χ1v) is 10.9. The van der Waals surface area contributed by atoms with Gasteiger partial charge in [-0.1, -0.05) is 24.3 Å². The first-order chi connectivity index (χ1) is 16.2. The van der Waals surface area contributed by atoms with E-state index < -0.39 is 0 Å². The monoisotopic (exact) mass is 479 g/mol. The number of piperazine rings is 1. The van der Waals surface area contributed by atoms with E-state index in [9.17, 15) is 4.79 Å². The molecule has 2 aromatic carbocycles. The van der Waals surface area contributed by atoms with E-state index >= 15 is 0 Å². The molecule has 0 amide bonds. The van der Waals surface area contributed by atoms with Gasteiger partial charge >= 0.3 is 0 Å². The van der Waals surface area contributed by atoms with E-state index in [1.165, 1.54) is 11.8 Å². The number of nitrogens with one attached hydrogen (secondary N) is 3. The van der Waals surface area contributed by atoms with Gasteiger partial charge in [-0.05, 0) is 29.8 Å². The zero-order valence-electron chi connectivity index (χ0n) is 18.7. The van der Waals surface area contributed by atoms with Crippen molar-refractivity contribution < 1.29 is 4.74 Å². The number of H-pyrrole nitrogens is 1. The van der Waals surface area contributed by atoms with Crippen LogP contribution in [0.1, 0.15) is 5.56 Å². The van der Waals surface area contributed by atoms with E-state index in [1.807, 2.05) is 36.4 Å². The van der Waals surface area contributed by atoms with Gasteiger partial charge in [-0.2, -0.15) is 5.10 Å². The molecule has 34 heavy (non-hydrogen) atoms.